The van der Waals surface area contributed by atoms with Crippen LogP contribution in [0.1, 0.15) is 40.0 Å². The second-order valence-corrected chi connectivity index (χ2v) is 6.96. The molecule has 0 aromatic carbocycles. The minimum Gasteiger partial charge on any atom is -0.461 e. The van der Waals surface area contributed by atoms with E-state index in [-0.39, 0.29) is 18.3 Å². The summed E-state index contributed by atoms with van der Waals surface area (Å²) in [5, 5.41) is 10.8. The van der Waals surface area contributed by atoms with Crippen molar-refractivity contribution in [2.45, 2.75) is 52.7 Å². The van der Waals surface area contributed by atoms with Crippen LogP contribution in [0, 0.1) is 27.9 Å². The first-order valence-electron chi connectivity index (χ1n) is 8.32. The first-order chi connectivity index (χ1) is 11.3. The third-order valence-electron chi connectivity index (χ3n) is 4.72. The molecule has 2 rings (SSSR count). The number of rotatable bonds is 5. The van der Waals surface area contributed by atoms with E-state index in [1.807, 2.05) is 0 Å². The van der Waals surface area contributed by atoms with Crippen LogP contribution >= 0.6 is 0 Å². The average Bonchev–Trinajstić information content (AvgIpc) is 2.48. The summed E-state index contributed by atoms with van der Waals surface area (Å²) in [6.07, 6.45) is 3.89. The van der Waals surface area contributed by atoms with Gasteiger partial charge in [0.25, 0.3) is 11.2 Å². The van der Waals surface area contributed by atoms with Gasteiger partial charge in [0.15, 0.2) is 0 Å². The van der Waals surface area contributed by atoms with Crippen LogP contribution in [0.4, 0.5) is 5.69 Å². The number of nitro groups is 1. The summed E-state index contributed by atoms with van der Waals surface area (Å²) in [6, 6.07) is 2.22. The molecule has 0 saturated heterocycles. The van der Waals surface area contributed by atoms with Gasteiger partial charge in [-0.05, 0) is 30.6 Å². The van der Waals surface area contributed by atoms with Gasteiger partial charge in [-0.3, -0.25) is 24.3 Å². The number of ether oxygens (including phenoxy) is 1. The van der Waals surface area contributed by atoms with E-state index in [2.05, 4.69) is 20.8 Å². The highest BCUT2D eigenvalue weighted by atomic mass is 16.6. The molecule has 7 nitrogen and oxygen atoms in total. The number of hydrogen-bond donors (Lipinski definition) is 0. The predicted octanol–water partition coefficient (Wildman–Crippen LogP) is 2.76. The summed E-state index contributed by atoms with van der Waals surface area (Å²) < 4.78 is 6.65. The number of pyridine rings is 1. The number of carbonyl (C=O) groups excluding carboxylic acids is 1. The van der Waals surface area contributed by atoms with Crippen LogP contribution in [0.15, 0.2) is 23.1 Å². The lowest BCUT2D eigenvalue weighted by molar-refractivity contribution is -0.385. The minimum absolute atomic E-state index is 0.157. The molecule has 0 amide bonds. The summed E-state index contributed by atoms with van der Waals surface area (Å²) in [7, 11) is 0. The highest BCUT2D eigenvalue weighted by molar-refractivity contribution is 5.69. The molecule has 0 bridgehead atoms. The lowest BCUT2D eigenvalue weighted by Crippen LogP contribution is -2.37. The van der Waals surface area contributed by atoms with Gasteiger partial charge < -0.3 is 4.74 Å². The number of carbonyl (C=O) groups is 1. The fourth-order valence-corrected chi connectivity index (χ4v) is 3.35. The Hall–Kier alpha value is -2.18. The summed E-state index contributed by atoms with van der Waals surface area (Å²) in [5.41, 5.74) is -0.691. The van der Waals surface area contributed by atoms with E-state index in [0.717, 1.165) is 42.2 Å². The topological polar surface area (TPSA) is 91.4 Å². The molecular formula is C17H24N2O5. The molecule has 24 heavy (non-hydrogen) atoms. The van der Waals surface area contributed by atoms with Crippen molar-refractivity contribution in [3.05, 3.63) is 38.8 Å². The van der Waals surface area contributed by atoms with E-state index in [1.54, 1.807) is 0 Å². The molecule has 1 aliphatic rings. The smallest absolute Gasteiger partial charge is 0.326 e. The Bertz CT molecular complexity index is 667. The standard InChI is InChI=1S/C17H24N2O5/c1-11(2)14-6-4-12(3)8-15(14)24-17(21)10-18-9-13(19(22)23)5-7-16(18)20/h5,7,9,11-12,14-15H,4,6,8,10H2,1-3H3/t12-,14-,15+/m0/s1. The van der Waals surface area contributed by atoms with E-state index in [1.165, 1.54) is 0 Å². The summed E-state index contributed by atoms with van der Waals surface area (Å²) in [6.45, 7) is 6.07. The SMILES string of the molecule is CC(C)[C@@H]1CC[C@H](C)C[C@H]1OC(=O)Cn1cc([N+](=O)[O-])ccc1=O. The number of aromatic nitrogens is 1. The average molecular weight is 336 g/mol. The Morgan fingerprint density at radius 3 is 2.75 bits per heavy atom. The fraction of sp³-hybridized carbons (Fsp3) is 0.647. The molecule has 1 aliphatic carbocycles. The molecular weight excluding hydrogens is 312 g/mol. The van der Waals surface area contributed by atoms with Crippen molar-refractivity contribution in [2.24, 2.45) is 17.8 Å². The van der Waals surface area contributed by atoms with Gasteiger partial charge in [0, 0.05) is 12.1 Å². The normalized spacial score (nSPS) is 23.9. The van der Waals surface area contributed by atoms with Crippen molar-refractivity contribution < 1.29 is 14.5 Å². The van der Waals surface area contributed by atoms with E-state index >= 15 is 0 Å². The van der Waals surface area contributed by atoms with Gasteiger partial charge in [0.1, 0.15) is 12.6 Å². The molecule has 1 aromatic rings. The second-order valence-electron chi connectivity index (χ2n) is 6.96. The number of nitrogens with zero attached hydrogens (tertiary/aromatic N) is 2. The third kappa shape index (κ3) is 4.43. The van der Waals surface area contributed by atoms with Crippen LogP contribution in [-0.4, -0.2) is 21.6 Å². The van der Waals surface area contributed by atoms with Gasteiger partial charge in [0.2, 0.25) is 0 Å². The fourth-order valence-electron chi connectivity index (χ4n) is 3.35. The zero-order valence-corrected chi connectivity index (χ0v) is 14.3. The molecule has 7 heteroatoms. The Morgan fingerprint density at radius 2 is 2.12 bits per heavy atom. The summed E-state index contributed by atoms with van der Waals surface area (Å²) in [5.74, 6) is 0.698. The molecule has 0 aliphatic heterocycles. The van der Waals surface area contributed by atoms with Crippen LogP contribution in [0.2, 0.25) is 0 Å². The van der Waals surface area contributed by atoms with Crippen LogP contribution in [-0.2, 0) is 16.1 Å². The van der Waals surface area contributed by atoms with Crippen molar-refractivity contribution in [3.8, 4) is 0 Å². The zero-order valence-electron chi connectivity index (χ0n) is 14.3. The zero-order chi connectivity index (χ0) is 17.9. The van der Waals surface area contributed by atoms with E-state index < -0.39 is 16.5 Å². The molecule has 0 spiro atoms. The first kappa shape index (κ1) is 18.2. The molecule has 1 saturated carbocycles. The summed E-state index contributed by atoms with van der Waals surface area (Å²) in [4.78, 5) is 34.2. The minimum atomic E-state index is -0.598. The van der Waals surface area contributed by atoms with Crippen LogP contribution < -0.4 is 5.56 Å². The highest BCUT2D eigenvalue weighted by Gasteiger charge is 2.33. The highest BCUT2D eigenvalue weighted by Crippen LogP contribution is 2.35. The van der Waals surface area contributed by atoms with Crippen molar-refractivity contribution in [1.29, 1.82) is 0 Å². The Labute approximate surface area is 140 Å². The predicted molar refractivity (Wildman–Crippen MR) is 88.6 cm³/mol. The molecule has 0 N–H and O–H groups in total. The van der Waals surface area contributed by atoms with Crippen molar-refractivity contribution in [1.82, 2.24) is 4.57 Å². The maximum Gasteiger partial charge on any atom is 0.326 e. The summed E-state index contributed by atoms with van der Waals surface area (Å²) >= 11 is 0. The lowest BCUT2D eigenvalue weighted by Gasteiger charge is -2.36. The van der Waals surface area contributed by atoms with Gasteiger partial charge in [-0.2, -0.15) is 0 Å². The van der Waals surface area contributed by atoms with Crippen molar-refractivity contribution >= 4 is 11.7 Å². The van der Waals surface area contributed by atoms with Gasteiger partial charge in [-0.15, -0.1) is 0 Å². The molecule has 1 fully saturated rings. The largest absolute Gasteiger partial charge is 0.461 e. The molecule has 1 aromatic heterocycles. The molecule has 3 atom stereocenters. The quantitative estimate of drug-likeness (QED) is 0.468. The molecule has 0 radical (unpaired) electrons. The van der Waals surface area contributed by atoms with Crippen molar-refractivity contribution in [3.63, 3.8) is 0 Å². The van der Waals surface area contributed by atoms with Gasteiger partial charge in [0.05, 0.1) is 11.1 Å². The molecule has 0 unspecified atom stereocenters. The molecule has 1 heterocycles. The number of esters is 1. The second kappa shape index (κ2) is 7.59. The Kier molecular flexibility index (Phi) is 5.75. The molecule has 132 valence electrons. The van der Waals surface area contributed by atoms with Crippen LogP contribution in [0.5, 0.6) is 0 Å². The van der Waals surface area contributed by atoms with Gasteiger partial charge in [-0.1, -0.05) is 27.2 Å². The van der Waals surface area contributed by atoms with Gasteiger partial charge in [-0.25, -0.2) is 0 Å². The monoisotopic (exact) mass is 336 g/mol. The third-order valence-corrected chi connectivity index (χ3v) is 4.72. The van der Waals surface area contributed by atoms with Crippen LogP contribution in [0.3, 0.4) is 0 Å². The maximum atomic E-state index is 12.2. The Balaban J connectivity index is 2.08. The maximum absolute atomic E-state index is 12.2. The Morgan fingerprint density at radius 1 is 1.42 bits per heavy atom. The van der Waals surface area contributed by atoms with E-state index in [4.69, 9.17) is 4.74 Å². The van der Waals surface area contributed by atoms with E-state index in [9.17, 15) is 19.7 Å². The van der Waals surface area contributed by atoms with Crippen molar-refractivity contribution in [2.75, 3.05) is 0 Å². The number of hydrogen-bond acceptors (Lipinski definition) is 5. The first-order valence-corrected chi connectivity index (χ1v) is 8.32. The lowest BCUT2D eigenvalue weighted by atomic mass is 9.75. The van der Waals surface area contributed by atoms with Gasteiger partial charge >= 0.3 is 5.97 Å². The van der Waals surface area contributed by atoms with E-state index in [0.29, 0.717) is 17.8 Å². The van der Waals surface area contributed by atoms with Crippen LogP contribution in [0.25, 0.3) is 0 Å².